The van der Waals surface area contributed by atoms with E-state index in [0.717, 1.165) is 0 Å². The quantitative estimate of drug-likeness (QED) is 0.816. The van der Waals surface area contributed by atoms with Crippen molar-refractivity contribution in [1.82, 2.24) is 10.1 Å². The average Bonchev–Trinajstić information content (AvgIpc) is 2.77. The van der Waals surface area contributed by atoms with Gasteiger partial charge in [-0.3, -0.25) is 0 Å². The molecule has 5 heteroatoms. The summed E-state index contributed by atoms with van der Waals surface area (Å²) in [5.74, 6) is 0.637. The van der Waals surface area contributed by atoms with Gasteiger partial charge in [-0.2, -0.15) is 4.98 Å². The van der Waals surface area contributed by atoms with E-state index >= 15 is 0 Å². The third-order valence-electron chi connectivity index (χ3n) is 2.47. The fourth-order valence-corrected chi connectivity index (χ4v) is 1.59. The smallest absolute Gasteiger partial charge is 0.226 e. The molecule has 18 heavy (non-hydrogen) atoms. The van der Waals surface area contributed by atoms with Gasteiger partial charge in [0.25, 0.3) is 0 Å². The SMILES string of the molecule is CC(=O)CCCc1nc(-c2cccc(F)c2)no1. The first kappa shape index (κ1) is 12.4. The van der Waals surface area contributed by atoms with Gasteiger partial charge >= 0.3 is 0 Å². The van der Waals surface area contributed by atoms with Crippen LogP contribution in [0.3, 0.4) is 0 Å². The molecule has 1 aromatic carbocycles. The minimum atomic E-state index is -0.338. The second-order valence-electron chi connectivity index (χ2n) is 4.08. The molecule has 0 aliphatic rings. The van der Waals surface area contributed by atoms with E-state index in [1.54, 1.807) is 19.1 Å². The number of hydrogen-bond acceptors (Lipinski definition) is 4. The number of hydrogen-bond donors (Lipinski definition) is 0. The van der Waals surface area contributed by atoms with Crippen LogP contribution >= 0.6 is 0 Å². The largest absolute Gasteiger partial charge is 0.339 e. The predicted molar refractivity (Wildman–Crippen MR) is 63.3 cm³/mol. The summed E-state index contributed by atoms with van der Waals surface area (Å²) >= 11 is 0. The Hall–Kier alpha value is -2.04. The van der Waals surface area contributed by atoms with Crippen LogP contribution in [0.15, 0.2) is 28.8 Å². The van der Waals surface area contributed by atoms with Crippen LogP contribution in [-0.2, 0) is 11.2 Å². The normalized spacial score (nSPS) is 10.6. The van der Waals surface area contributed by atoms with Gasteiger partial charge in [0.05, 0.1) is 0 Å². The third kappa shape index (κ3) is 3.23. The molecule has 0 N–H and O–H groups in total. The number of nitrogens with zero attached hydrogens (tertiary/aromatic N) is 2. The summed E-state index contributed by atoms with van der Waals surface area (Å²) in [6, 6.07) is 6.02. The Balaban J connectivity index is 2.04. The van der Waals surface area contributed by atoms with Crippen molar-refractivity contribution in [1.29, 1.82) is 0 Å². The Morgan fingerprint density at radius 1 is 1.44 bits per heavy atom. The van der Waals surface area contributed by atoms with Crippen molar-refractivity contribution >= 4 is 5.78 Å². The summed E-state index contributed by atoms with van der Waals surface area (Å²) in [5.41, 5.74) is 0.580. The Bertz CT molecular complexity index is 551. The molecule has 0 bridgehead atoms. The number of rotatable bonds is 5. The lowest BCUT2D eigenvalue weighted by molar-refractivity contribution is -0.117. The number of aromatic nitrogens is 2. The fraction of sp³-hybridized carbons (Fsp3) is 0.308. The first-order chi connectivity index (χ1) is 8.65. The lowest BCUT2D eigenvalue weighted by atomic mass is 10.2. The summed E-state index contributed by atoms with van der Waals surface area (Å²) < 4.78 is 18.1. The van der Waals surface area contributed by atoms with Crippen molar-refractivity contribution in [2.75, 3.05) is 0 Å². The summed E-state index contributed by atoms with van der Waals surface area (Å²) in [5, 5.41) is 3.79. The highest BCUT2D eigenvalue weighted by Crippen LogP contribution is 2.17. The highest BCUT2D eigenvalue weighted by Gasteiger charge is 2.09. The molecule has 0 fully saturated rings. The van der Waals surface area contributed by atoms with Gasteiger partial charge in [0.15, 0.2) is 0 Å². The van der Waals surface area contributed by atoms with Gasteiger partial charge in [0, 0.05) is 18.4 Å². The van der Waals surface area contributed by atoms with E-state index in [2.05, 4.69) is 10.1 Å². The molecule has 0 saturated carbocycles. The highest BCUT2D eigenvalue weighted by atomic mass is 19.1. The molecule has 0 spiro atoms. The second-order valence-corrected chi connectivity index (χ2v) is 4.08. The molecular weight excluding hydrogens is 235 g/mol. The maximum absolute atomic E-state index is 13.0. The van der Waals surface area contributed by atoms with Gasteiger partial charge in [-0.15, -0.1) is 0 Å². The summed E-state index contributed by atoms with van der Waals surface area (Å²) in [6.45, 7) is 1.55. The van der Waals surface area contributed by atoms with E-state index in [1.165, 1.54) is 12.1 Å². The second kappa shape index (κ2) is 5.53. The molecule has 2 aromatic rings. The number of halogens is 1. The van der Waals surface area contributed by atoms with Crippen LogP contribution in [0.4, 0.5) is 4.39 Å². The molecule has 94 valence electrons. The van der Waals surface area contributed by atoms with Crippen molar-refractivity contribution in [2.45, 2.75) is 26.2 Å². The van der Waals surface area contributed by atoms with Crippen molar-refractivity contribution < 1.29 is 13.7 Å². The average molecular weight is 248 g/mol. The topological polar surface area (TPSA) is 56.0 Å². The number of carbonyl (C=O) groups excluding carboxylic acids is 1. The van der Waals surface area contributed by atoms with E-state index in [9.17, 15) is 9.18 Å². The fourth-order valence-electron chi connectivity index (χ4n) is 1.59. The number of aryl methyl sites for hydroxylation is 1. The standard InChI is InChI=1S/C13H13FN2O2/c1-9(17)4-2-7-12-15-13(16-18-12)10-5-3-6-11(14)8-10/h3,5-6,8H,2,4,7H2,1H3. The molecule has 0 atom stereocenters. The predicted octanol–water partition coefficient (Wildman–Crippen LogP) is 2.79. The number of benzene rings is 1. The van der Waals surface area contributed by atoms with Crippen LogP contribution in [0.2, 0.25) is 0 Å². The van der Waals surface area contributed by atoms with Crippen LogP contribution in [-0.4, -0.2) is 15.9 Å². The molecule has 4 nitrogen and oxygen atoms in total. The molecule has 1 heterocycles. The Morgan fingerprint density at radius 3 is 3.00 bits per heavy atom. The highest BCUT2D eigenvalue weighted by molar-refractivity contribution is 5.75. The third-order valence-corrected chi connectivity index (χ3v) is 2.47. The van der Waals surface area contributed by atoms with Gasteiger partial charge in [0.2, 0.25) is 11.7 Å². The molecule has 0 radical (unpaired) electrons. The van der Waals surface area contributed by atoms with Gasteiger partial charge in [0.1, 0.15) is 11.6 Å². The molecule has 0 unspecified atom stereocenters. The molecule has 0 aliphatic carbocycles. The molecule has 0 aliphatic heterocycles. The van der Waals surface area contributed by atoms with Crippen LogP contribution in [0.5, 0.6) is 0 Å². The molecule has 2 rings (SSSR count). The van der Waals surface area contributed by atoms with Crippen LogP contribution in [0.1, 0.15) is 25.7 Å². The summed E-state index contributed by atoms with van der Waals surface area (Å²) in [4.78, 5) is 15.0. The first-order valence-electron chi connectivity index (χ1n) is 5.73. The van der Waals surface area contributed by atoms with Crippen LogP contribution in [0.25, 0.3) is 11.4 Å². The van der Waals surface area contributed by atoms with E-state index in [4.69, 9.17) is 4.52 Å². The maximum Gasteiger partial charge on any atom is 0.226 e. The minimum absolute atomic E-state index is 0.139. The van der Waals surface area contributed by atoms with Gasteiger partial charge in [-0.05, 0) is 25.5 Å². The van der Waals surface area contributed by atoms with E-state index < -0.39 is 0 Å². The number of ketones is 1. The zero-order chi connectivity index (χ0) is 13.0. The maximum atomic E-state index is 13.0. The van der Waals surface area contributed by atoms with E-state index in [-0.39, 0.29) is 11.6 Å². The van der Waals surface area contributed by atoms with Gasteiger partial charge in [-0.1, -0.05) is 17.3 Å². The Labute approximate surface area is 104 Å². The number of Topliss-reactive ketones (excluding diaryl/α,β-unsaturated/α-hetero) is 1. The van der Waals surface area contributed by atoms with Crippen LogP contribution < -0.4 is 0 Å². The van der Waals surface area contributed by atoms with Crippen molar-refractivity contribution in [3.05, 3.63) is 36.0 Å². The molecule has 0 saturated heterocycles. The summed E-state index contributed by atoms with van der Waals surface area (Å²) in [7, 11) is 0. The zero-order valence-electron chi connectivity index (χ0n) is 10.0. The summed E-state index contributed by atoms with van der Waals surface area (Å²) in [6.07, 6.45) is 1.74. The Morgan fingerprint density at radius 2 is 2.28 bits per heavy atom. The van der Waals surface area contributed by atoms with Crippen molar-refractivity contribution in [2.24, 2.45) is 0 Å². The molecule has 1 aromatic heterocycles. The van der Waals surface area contributed by atoms with E-state index in [0.29, 0.717) is 36.5 Å². The van der Waals surface area contributed by atoms with E-state index in [1.807, 2.05) is 0 Å². The van der Waals surface area contributed by atoms with Gasteiger partial charge in [-0.25, -0.2) is 4.39 Å². The lowest BCUT2D eigenvalue weighted by Gasteiger charge is -1.93. The Kier molecular flexibility index (Phi) is 3.82. The first-order valence-corrected chi connectivity index (χ1v) is 5.73. The van der Waals surface area contributed by atoms with Crippen LogP contribution in [0, 0.1) is 5.82 Å². The lowest BCUT2D eigenvalue weighted by Crippen LogP contribution is -1.92. The van der Waals surface area contributed by atoms with Crippen molar-refractivity contribution in [3.8, 4) is 11.4 Å². The molecule has 0 amide bonds. The molecular formula is C13H13FN2O2. The van der Waals surface area contributed by atoms with Crippen molar-refractivity contribution in [3.63, 3.8) is 0 Å². The minimum Gasteiger partial charge on any atom is -0.339 e. The zero-order valence-corrected chi connectivity index (χ0v) is 10.0. The van der Waals surface area contributed by atoms with Gasteiger partial charge < -0.3 is 9.32 Å². The number of carbonyl (C=O) groups is 1. The monoisotopic (exact) mass is 248 g/mol.